The molecule has 1 aromatic rings. The van der Waals surface area contributed by atoms with Gasteiger partial charge in [-0.15, -0.1) is 0 Å². The zero-order valence-corrected chi connectivity index (χ0v) is 15.7. The molecule has 21 heavy (non-hydrogen) atoms. The molecule has 6 heteroatoms. The third kappa shape index (κ3) is 12.1. The Bertz CT molecular complexity index is 354. The standard InChI is InChI=1S/C15H29N2.IO3/c1-4-5-6-7-8-9-10-11-12-17-14-13-16(3)15(17)2;2-1(3)4/h13-14H,4-12H2,1-3H3;/q+1;-1. The minimum atomic E-state index is -4.01. The van der Waals surface area contributed by atoms with Gasteiger partial charge < -0.3 is 10.3 Å². The first-order valence-electron chi connectivity index (χ1n) is 7.73. The van der Waals surface area contributed by atoms with Crippen LogP contribution in [0.15, 0.2) is 12.4 Å². The lowest BCUT2D eigenvalue weighted by molar-refractivity contribution is -1.73. The van der Waals surface area contributed by atoms with E-state index in [1.54, 1.807) is 0 Å². The Morgan fingerprint density at radius 2 is 1.48 bits per heavy atom. The van der Waals surface area contributed by atoms with Crippen molar-refractivity contribution in [1.82, 2.24) is 4.57 Å². The van der Waals surface area contributed by atoms with E-state index in [1.165, 1.54) is 63.7 Å². The third-order valence-electron chi connectivity index (χ3n) is 3.65. The third-order valence-corrected chi connectivity index (χ3v) is 3.65. The first-order chi connectivity index (χ1) is 9.99. The first kappa shape index (κ1) is 20.8. The van der Waals surface area contributed by atoms with Gasteiger partial charge in [-0.05, 0) is 12.8 Å². The molecule has 1 aromatic heterocycles. The lowest BCUT2D eigenvalue weighted by Crippen LogP contribution is -4.05. The number of imidazole rings is 1. The second-order valence-corrected chi connectivity index (χ2v) is 6.39. The van der Waals surface area contributed by atoms with Gasteiger partial charge in [0.1, 0.15) is 12.4 Å². The maximum Gasteiger partial charge on any atom is 0.282 e. The fourth-order valence-electron chi connectivity index (χ4n) is 2.25. The van der Waals surface area contributed by atoms with Crippen molar-refractivity contribution < 1.29 is 35.9 Å². The molecule has 0 aliphatic rings. The monoisotopic (exact) mass is 412 g/mol. The van der Waals surface area contributed by atoms with E-state index in [0.29, 0.717) is 0 Å². The second kappa shape index (κ2) is 13.5. The summed E-state index contributed by atoms with van der Waals surface area (Å²) in [6, 6.07) is 0. The van der Waals surface area contributed by atoms with Gasteiger partial charge in [-0.3, -0.25) is 0 Å². The maximum atomic E-state index is 8.57. The molecule has 0 N–H and O–H groups in total. The lowest BCUT2D eigenvalue weighted by atomic mass is 10.1. The minimum Gasteiger partial charge on any atom is -0.427 e. The van der Waals surface area contributed by atoms with Crippen LogP contribution in [0.25, 0.3) is 0 Å². The Labute approximate surface area is 137 Å². The Balaban J connectivity index is 0.000000885. The van der Waals surface area contributed by atoms with Crippen LogP contribution in [0.3, 0.4) is 0 Å². The minimum absolute atomic E-state index is 1.18. The Hall–Kier alpha value is -0.180. The van der Waals surface area contributed by atoms with Gasteiger partial charge in [0, 0.05) is 6.92 Å². The topological polar surface area (TPSA) is 78.0 Å². The van der Waals surface area contributed by atoms with Crippen molar-refractivity contribution in [3.8, 4) is 0 Å². The fraction of sp³-hybridized carbons (Fsp3) is 0.800. The molecule has 0 aromatic carbocycles. The highest BCUT2D eigenvalue weighted by molar-refractivity contribution is 4.78. The molecule has 0 aliphatic heterocycles. The highest BCUT2D eigenvalue weighted by Crippen LogP contribution is 2.09. The van der Waals surface area contributed by atoms with Crippen LogP contribution in [0, 0.1) is 6.92 Å². The first-order valence-corrected chi connectivity index (χ1v) is 10.4. The summed E-state index contributed by atoms with van der Waals surface area (Å²) in [6.07, 6.45) is 15.5. The van der Waals surface area contributed by atoms with Gasteiger partial charge in [-0.1, -0.05) is 45.4 Å². The van der Waals surface area contributed by atoms with Crippen LogP contribution >= 0.6 is 0 Å². The van der Waals surface area contributed by atoms with E-state index in [0.717, 1.165) is 0 Å². The number of unbranched alkanes of at least 4 members (excludes halogenated alkanes) is 7. The zero-order valence-electron chi connectivity index (χ0n) is 13.5. The summed E-state index contributed by atoms with van der Waals surface area (Å²) in [7, 11) is 2.11. The molecule has 0 amide bonds. The predicted octanol–water partition coefficient (Wildman–Crippen LogP) is -2.80. The molecule has 1 rings (SSSR count). The van der Waals surface area contributed by atoms with Gasteiger partial charge in [0.15, 0.2) is 0 Å². The molecule has 0 saturated heterocycles. The molecular weight excluding hydrogens is 383 g/mol. The van der Waals surface area contributed by atoms with Crippen molar-refractivity contribution in [2.24, 2.45) is 7.05 Å². The largest absolute Gasteiger partial charge is 0.427 e. The summed E-state index contributed by atoms with van der Waals surface area (Å²) < 4.78 is 30.3. The molecule has 0 fully saturated rings. The van der Waals surface area contributed by atoms with E-state index in [1.807, 2.05) is 0 Å². The normalized spacial score (nSPS) is 10.6. The smallest absolute Gasteiger partial charge is 0.282 e. The molecule has 0 spiro atoms. The number of nitrogens with zero attached hydrogens (tertiary/aromatic N) is 2. The molecule has 5 nitrogen and oxygen atoms in total. The van der Waals surface area contributed by atoms with E-state index in [2.05, 4.69) is 42.4 Å². The van der Waals surface area contributed by atoms with Crippen LogP contribution in [-0.2, 0) is 13.6 Å². The van der Waals surface area contributed by atoms with Gasteiger partial charge in [-0.2, -0.15) is 0 Å². The quantitative estimate of drug-likeness (QED) is 0.250. The van der Waals surface area contributed by atoms with E-state index in [-0.39, 0.29) is 0 Å². The SMILES string of the molecule is CCCCCCCCCCn1cc[n+](C)c1C.[O-][I+2]([O-])[O-]. The maximum absolute atomic E-state index is 8.57. The van der Waals surface area contributed by atoms with Gasteiger partial charge >= 0.3 is 0 Å². The van der Waals surface area contributed by atoms with Gasteiger partial charge in [-0.25, -0.2) is 9.13 Å². The average molecular weight is 412 g/mol. The number of rotatable bonds is 9. The molecule has 0 bridgehead atoms. The second-order valence-electron chi connectivity index (χ2n) is 5.31. The molecule has 0 unspecified atom stereocenters. The fourth-order valence-corrected chi connectivity index (χ4v) is 2.25. The van der Waals surface area contributed by atoms with E-state index >= 15 is 0 Å². The van der Waals surface area contributed by atoms with Crippen LogP contribution in [0.1, 0.15) is 64.1 Å². The summed E-state index contributed by atoms with van der Waals surface area (Å²) in [5.41, 5.74) is 0. The molecule has 0 atom stereocenters. The molecular formula is C15H29IN2O3. The van der Waals surface area contributed by atoms with Crippen LogP contribution in [0.2, 0.25) is 0 Å². The van der Waals surface area contributed by atoms with Gasteiger partial charge in [0.25, 0.3) is 26.9 Å². The molecule has 0 saturated carbocycles. The van der Waals surface area contributed by atoms with Crippen molar-refractivity contribution in [3.63, 3.8) is 0 Å². The van der Waals surface area contributed by atoms with Crippen molar-refractivity contribution in [3.05, 3.63) is 18.2 Å². The van der Waals surface area contributed by atoms with Crippen LogP contribution in [0.4, 0.5) is 0 Å². The molecule has 0 radical (unpaired) electrons. The van der Waals surface area contributed by atoms with Gasteiger partial charge in [0.05, 0.1) is 13.6 Å². The van der Waals surface area contributed by atoms with Crippen molar-refractivity contribution in [2.45, 2.75) is 71.8 Å². The summed E-state index contributed by atoms with van der Waals surface area (Å²) >= 11 is -4.01. The van der Waals surface area contributed by atoms with Crippen LogP contribution < -0.4 is 35.9 Å². The summed E-state index contributed by atoms with van der Waals surface area (Å²) in [5, 5.41) is 0. The highest BCUT2D eigenvalue weighted by Gasteiger charge is 2.07. The summed E-state index contributed by atoms with van der Waals surface area (Å²) in [4.78, 5) is 0. The van der Waals surface area contributed by atoms with Crippen molar-refractivity contribution >= 4 is 0 Å². The average Bonchev–Trinajstić information content (AvgIpc) is 2.73. The van der Waals surface area contributed by atoms with Crippen molar-refractivity contribution in [1.29, 1.82) is 0 Å². The molecule has 0 aliphatic carbocycles. The van der Waals surface area contributed by atoms with E-state index in [4.69, 9.17) is 10.3 Å². The van der Waals surface area contributed by atoms with Gasteiger partial charge in [0.2, 0.25) is 0 Å². The number of hydrogen-bond acceptors (Lipinski definition) is 3. The number of halogens is 1. The van der Waals surface area contributed by atoms with E-state index in [9.17, 15) is 0 Å². The Kier molecular flexibility index (Phi) is 13.4. The number of aromatic nitrogens is 2. The predicted molar refractivity (Wildman–Crippen MR) is 73.0 cm³/mol. The van der Waals surface area contributed by atoms with Crippen LogP contribution in [0.5, 0.6) is 0 Å². The molecule has 1 heterocycles. The summed E-state index contributed by atoms with van der Waals surface area (Å²) in [5.74, 6) is 1.35. The lowest BCUT2D eigenvalue weighted by Gasteiger charge is -2.01. The zero-order chi connectivity index (χ0) is 16.1. The van der Waals surface area contributed by atoms with Crippen molar-refractivity contribution in [2.75, 3.05) is 0 Å². The number of hydrogen-bond donors (Lipinski definition) is 0. The van der Waals surface area contributed by atoms with Crippen LogP contribution in [-0.4, -0.2) is 4.57 Å². The number of aryl methyl sites for hydroxylation is 2. The summed E-state index contributed by atoms with van der Waals surface area (Å²) in [6.45, 7) is 5.64. The Morgan fingerprint density at radius 3 is 1.90 bits per heavy atom. The van der Waals surface area contributed by atoms with E-state index < -0.39 is 21.1 Å². The molecule has 124 valence electrons. The Morgan fingerprint density at radius 1 is 1.00 bits per heavy atom. The highest BCUT2D eigenvalue weighted by atomic mass is 127.